The van der Waals surface area contributed by atoms with Crippen LogP contribution in [0.1, 0.15) is 5.56 Å². The van der Waals surface area contributed by atoms with Crippen LogP contribution in [0.25, 0.3) is 16.8 Å². The number of ether oxygens (including phenoxy) is 1. The molecule has 4 aromatic rings. The van der Waals surface area contributed by atoms with E-state index < -0.39 is 6.61 Å². The normalized spacial score (nSPS) is 10.8. The minimum atomic E-state index is -0.429. The Morgan fingerprint density at radius 3 is 2.54 bits per heavy atom. The van der Waals surface area contributed by atoms with Crippen LogP contribution in [0.3, 0.4) is 0 Å². The quantitative estimate of drug-likeness (QED) is 0.559. The highest BCUT2D eigenvalue weighted by Gasteiger charge is 2.16. The summed E-state index contributed by atoms with van der Waals surface area (Å²) < 4.78 is 6.72. The molecule has 6 nitrogen and oxygen atoms in total. The summed E-state index contributed by atoms with van der Waals surface area (Å²) in [6, 6.07) is 21.1. The Balaban J connectivity index is 1.89. The molecule has 0 aliphatic carbocycles. The molecule has 2 N–H and O–H groups in total. The zero-order valence-corrected chi connectivity index (χ0v) is 15.3. The molecule has 0 fully saturated rings. The fourth-order valence-electron chi connectivity index (χ4n) is 3.17. The van der Waals surface area contributed by atoms with Gasteiger partial charge in [0.1, 0.15) is 5.82 Å². The number of para-hydroxylation sites is 1. The molecular weight excluding hydrogens is 354 g/mol. The minimum absolute atomic E-state index is 0.189. The Bertz CT molecular complexity index is 1190. The molecular formula is C22H19N3O3. The standard InChI is InChI=1S/C22H19N3O3/c1-28-19-12-7-13-25-21(19)24-20(17(14-26)22(25)27)23-18-11-6-5-10-16(18)15-8-3-2-4-9-15/h2-13,23,26H,14H2,1H3. The zero-order valence-electron chi connectivity index (χ0n) is 15.3. The van der Waals surface area contributed by atoms with Gasteiger partial charge in [-0.2, -0.15) is 0 Å². The highest BCUT2D eigenvalue weighted by molar-refractivity contribution is 5.81. The van der Waals surface area contributed by atoms with E-state index in [1.807, 2.05) is 54.6 Å². The van der Waals surface area contributed by atoms with Gasteiger partial charge in [0, 0.05) is 17.4 Å². The van der Waals surface area contributed by atoms with Gasteiger partial charge in [-0.05, 0) is 23.8 Å². The summed E-state index contributed by atoms with van der Waals surface area (Å²) in [6.45, 7) is -0.429. The van der Waals surface area contributed by atoms with Crippen molar-refractivity contribution < 1.29 is 9.84 Å². The van der Waals surface area contributed by atoms with Crippen molar-refractivity contribution in [3.8, 4) is 16.9 Å². The Morgan fingerprint density at radius 2 is 1.79 bits per heavy atom. The van der Waals surface area contributed by atoms with Crippen LogP contribution in [0.2, 0.25) is 0 Å². The molecule has 4 rings (SSSR count). The predicted octanol–water partition coefficient (Wildman–Crippen LogP) is 3.61. The maximum absolute atomic E-state index is 12.9. The van der Waals surface area contributed by atoms with Gasteiger partial charge in [0.2, 0.25) is 0 Å². The molecule has 0 unspecified atom stereocenters. The number of pyridine rings is 1. The van der Waals surface area contributed by atoms with Crippen molar-refractivity contribution in [2.75, 3.05) is 12.4 Å². The van der Waals surface area contributed by atoms with Gasteiger partial charge in [-0.3, -0.25) is 9.20 Å². The van der Waals surface area contributed by atoms with Crippen molar-refractivity contribution >= 4 is 17.2 Å². The van der Waals surface area contributed by atoms with Gasteiger partial charge < -0.3 is 15.2 Å². The largest absolute Gasteiger partial charge is 0.493 e. The van der Waals surface area contributed by atoms with Gasteiger partial charge >= 0.3 is 0 Å². The summed E-state index contributed by atoms with van der Waals surface area (Å²) in [7, 11) is 1.53. The second-order valence-electron chi connectivity index (χ2n) is 6.21. The first kappa shape index (κ1) is 17.8. The molecule has 6 heteroatoms. The molecule has 0 atom stereocenters. The van der Waals surface area contributed by atoms with Crippen LogP contribution < -0.4 is 15.6 Å². The Hall–Kier alpha value is -3.64. The van der Waals surface area contributed by atoms with Crippen molar-refractivity contribution in [3.05, 3.63) is 88.8 Å². The molecule has 2 aromatic carbocycles. The van der Waals surface area contributed by atoms with E-state index in [1.165, 1.54) is 11.5 Å². The lowest BCUT2D eigenvalue weighted by Crippen LogP contribution is -2.22. The van der Waals surface area contributed by atoms with Crippen molar-refractivity contribution in [1.29, 1.82) is 0 Å². The third-order valence-corrected chi connectivity index (χ3v) is 4.55. The number of fused-ring (bicyclic) bond motifs is 1. The number of anilines is 2. The maximum atomic E-state index is 12.9. The van der Waals surface area contributed by atoms with E-state index in [0.29, 0.717) is 17.2 Å². The zero-order chi connectivity index (χ0) is 19.5. The van der Waals surface area contributed by atoms with Crippen LogP contribution in [-0.2, 0) is 6.61 Å². The summed E-state index contributed by atoms with van der Waals surface area (Å²) in [4.78, 5) is 17.4. The van der Waals surface area contributed by atoms with Gasteiger partial charge in [0.15, 0.2) is 11.4 Å². The molecule has 0 saturated carbocycles. The first-order chi connectivity index (χ1) is 13.7. The van der Waals surface area contributed by atoms with E-state index in [9.17, 15) is 9.90 Å². The van der Waals surface area contributed by atoms with Gasteiger partial charge in [0.25, 0.3) is 5.56 Å². The van der Waals surface area contributed by atoms with E-state index in [4.69, 9.17) is 4.74 Å². The number of aromatic nitrogens is 2. The van der Waals surface area contributed by atoms with E-state index in [1.54, 1.807) is 18.3 Å². The lowest BCUT2D eigenvalue weighted by atomic mass is 10.0. The highest BCUT2D eigenvalue weighted by atomic mass is 16.5. The first-order valence-corrected chi connectivity index (χ1v) is 8.83. The molecule has 140 valence electrons. The van der Waals surface area contributed by atoms with Crippen LogP contribution in [-0.4, -0.2) is 21.6 Å². The lowest BCUT2D eigenvalue weighted by molar-refractivity contribution is 0.280. The average Bonchev–Trinajstić information content (AvgIpc) is 2.75. The maximum Gasteiger partial charge on any atom is 0.265 e. The Labute approximate surface area is 161 Å². The number of aliphatic hydroxyl groups excluding tert-OH is 1. The molecule has 2 heterocycles. The van der Waals surface area contributed by atoms with Crippen molar-refractivity contribution in [2.24, 2.45) is 0 Å². The smallest absolute Gasteiger partial charge is 0.265 e. The molecule has 0 radical (unpaired) electrons. The van der Waals surface area contributed by atoms with Crippen LogP contribution in [0.5, 0.6) is 5.75 Å². The monoisotopic (exact) mass is 373 g/mol. The Kier molecular flexibility index (Phi) is 4.78. The van der Waals surface area contributed by atoms with E-state index in [2.05, 4.69) is 10.3 Å². The number of benzene rings is 2. The molecule has 0 aliphatic rings. The SMILES string of the molecule is COc1cccn2c(=O)c(CO)c(Nc3ccccc3-c3ccccc3)nc12. The summed E-state index contributed by atoms with van der Waals surface area (Å²) in [5.41, 5.74) is 3.02. The fraction of sp³-hybridized carbons (Fsp3) is 0.0909. The number of nitrogens with zero attached hydrogens (tertiary/aromatic N) is 2. The number of methoxy groups -OCH3 is 1. The molecule has 0 spiro atoms. The number of hydrogen-bond acceptors (Lipinski definition) is 5. The molecule has 2 aromatic heterocycles. The number of nitrogens with one attached hydrogen (secondary N) is 1. The van der Waals surface area contributed by atoms with Gasteiger partial charge in [-0.25, -0.2) is 4.98 Å². The lowest BCUT2D eigenvalue weighted by Gasteiger charge is -2.15. The van der Waals surface area contributed by atoms with Crippen LogP contribution in [0.4, 0.5) is 11.5 Å². The van der Waals surface area contributed by atoms with Crippen LogP contribution >= 0.6 is 0 Å². The number of hydrogen-bond donors (Lipinski definition) is 2. The van der Waals surface area contributed by atoms with Crippen LogP contribution in [0.15, 0.2) is 77.7 Å². The molecule has 0 amide bonds. The second kappa shape index (κ2) is 7.54. The molecule has 0 saturated heterocycles. The van der Waals surface area contributed by atoms with Crippen molar-refractivity contribution in [3.63, 3.8) is 0 Å². The third kappa shape index (κ3) is 3.10. The minimum Gasteiger partial charge on any atom is -0.493 e. The fourth-order valence-corrected chi connectivity index (χ4v) is 3.17. The summed E-state index contributed by atoms with van der Waals surface area (Å²) >= 11 is 0. The summed E-state index contributed by atoms with van der Waals surface area (Å²) in [5, 5.41) is 13.1. The Morgan fingerprint density at radius 1 is 1.04 bits per heavy atom. The van der Waals surface area contributed by atoms with Crippen molar-refractivity contribution in [1.82, 2.24) is 9.38 Å². The van der Waals surface area contributed by atoms with Gasteiger partial charge in [-0.15, -0.1) is 0 Å². The van der Waals surface area contributed by atoms with E-state index >= 15 is 0 Å². The second-order valence-corrected chi connectivity index (χ2v) is 6.21. The highest BCUT2D eigenvalue weighted by Crippen LogP contribution is 2.30. The van der Waals surface area contributed by atoms with E-state index in [-0.39, 0.29) is 11.1 Å². The topological polar surface area (TPSA) is 75.9 Å². The molecule has 0 aliphatic heterocycles. The van der Waals surface area contributed by atoms with Gasteiger partial charge in [-0.1, -0.05) is 48.5 Å². The summed E-state index contributed by atoms with van der Waals surface area (Å²) in [6.07, 6.45) is 1.61. The number of rotatable bonds is 5. The summed E-state index contributed by atoms with van der Waals surface area (Å²) in [5.74, 6) is 0.781. The predicted molar refractivity (Wildman–Crippen MR) is 109 cm³/mol. The van der Waals surface area contributed by atoms with Gasteiger partial charge in [0.05, 0.1) is 19.3 Å². The van der Waals surface area contributed by atoms with E-state index in [0.717, 1.165) is 16.8 Å². The van der Waals surface area contributed by atoms with Crippen LogP contribution in [0, 0.1) is 0 Å². The van der Waals surface area contributed by atoms with Crippen molar-refractivity contribution in [2.45, 2.75) is 6.61 Å². The molecule has 28 heavy (non-hydrogen) atoms. The first-order valence-electron chi connectivity index (χ1n) is 8.83. The number of aliphatic hydroxyl groups is 1. The average molecular weight is 373 g/mol. The molecule has 0 bridgehead atoms. The third-order valence-electron chi connectivity index (χ3n) is 4.55.